The van der Waals surface area contributed by atoms with Crippen LogP contribution in [0.1, 0.15) is 39.5 Å². The molecule has 4 nitrogen and oxygen atoms in total. The number of hydrogen-bond acceptors (Lipinski definition) is 4. The Morgan fingerprint density at radius 1 is 1.21 bits per heavy atom. The van der Waals surface area contributed by atoms with Gasteiger partial charge in [-0.1, -0.05) is 13.8 Å². The first-order valence-electron chi connectivity index (χ1n) is 4.84. The highest BCUT2D eigenvalue weighted by Crippen LogP contribution is 2.17. The molecule has 0 rings (SSSR count). The fourth-order valence-corrected chi connectivity index (χ4v) is 1.39. The molecule has 0 spiro atoms. The molecular weight excluding hydrogens is 184 g/mol. The molecule has 0 aromatic rings. The summed E-state index contributed by atoms with van der Waals surface area (Å²) in [5.41, 5.74) is 0. The Balaban J connectivity index is 3.85. The summed E-state index contributed by atoms with van der Waals surface area (Å²) >= 11 is 0. The van der Waals surface area contributed by atoms with Gasteiger partial charge >= 0.3 is 0 Å². The molecule has 0 saturated heterocycles. The smallest absolute Gasteiger partial charge is 0.0445 e. The number of carbonyl (C=O) groups excluding carboxylic acids is 2. The highest BCUT2D eigenvalue weighted by atomic mass is 16.4. The average molecular weight is 200 g/mol. The molecule has 0 heterocycles. The van der Waals surface area contributed by atoms with Crippen molar-refractivity contribution in [3.8, 4) is 0 Å². The Hall–Kier alpha value is -1.06. The number of carboxylic acid groups (broad SMARTS) is 2. The van der Waals surface area contributed by atoms with E-state index in [-0.39, 0.29) is 12.3 Å². The predicted molar refractivity (Wildman–Crippen MR) is 46.8 cm³/mol. The van der Waals surface area contributed by atoms with Crippen molar-refractivity contribution in [2.45, 2.75) is 39.5 Å². The van der Waals surface area contributed by atoms with Crippen molar-refractivity contribution in [2.75, 3.05) is 0 Å². The van der Waals surface area contributed by atoms with E-state index in [1.807, 2.05) is 13.8 Å². The summed E-state index contributed by atoms with van der Waals surface area (Å²) in [5, 5.41) is 20.7. The van der Waals surface area contributed by atoms with E-state index in [2.05, 4.69) is 0 Å². The van der Waals surface area contributed by atoms with Crippen LogP contribution in [0, 0.1) is 11.8 Å². The quantitative estimate of drug-likeness (QED) is 0.545. The molecule has 0 fully saturated rings. The Labute approximate surface area is 83.9 Å². The van der Waals surface area contributed by atoms with E-state index in [4.69, 9.17) is 0 Å². The molecule has 0 saturated carbocycles. The van der Waals surface area contributed by atoms with E-state index >= 15 is 0 Å². The van der Waals surface area contributed by atoms with E-state index in [0.29, 0.717) is 19.3 Å². The van der Waals surface area contributed by atoms with Gasteiger partial charge < -0.3 is 19.8 Å². The molecule has 1 atom stereocenters. The van der Waals surface area contributed by atoms with E-state index in [9.17, 15) is 19.8 Å². The molecule has 0 aliphatic carbocycles. The standard InChI is InChI=1S/C10H18O4/c1-7(2)6-8(10(13)14)4-3-5-9(11)12/h7-8H,3-6H2,1-2H3,(H,11,12)(H,13,14)/p-2. The average Bonchev–Trinajstić information content (AvgIpc) is 2.00. The molecule has 82 valence electrons. The van der Waals surface area contributed by atoms with Crippen LogP contribution in [0.15, 0.2) is 0 Å². The van der Waals surface area contributed by atoms with Gasteiger partial charge in [0.1, 0.15) is 0 Å². The van der Waals surface area contributed by atoms with Gasteiger partial charge in [0.2, 0.25) is 0 Å². The van der Waals surface area contributed by atoms with Crippen molar-refractivity contribution < 1.29 is 19.8 Å². The second-order valence-corrected chi connectivity index (χ2v) is 3.91. The van der Waals surface area contributed by atoms with Crippen molar-refractivity contribution in [3.05, 3.63) is 0 Å². The highest BCUT2D eigenvalue weighted by molar-refractivity contribution is 5.68. The first kappa shape index (κ1) is 12.9. The van der Waals surface area contributed by atoms with Gasteiger partial charge in [0, 0.05) is 11.9 Å². The molecule has 0 radical (unpaired) electrons. The second kappa shape index (κ2) is 6.40. The maximum absolute atomic E-state index is 10.6. The maximum Gasteiger partial charge on any atom is 0.0445 e. The third-order valence-corrected chi connectivity index (χ3v) is 2.02. The summed E-state index contributed by atoms with van der Waals surface area (Å²) in [4.78, 5) is 20.7. The topological polar surface area (TPSA) is 80.3 Å². The molecule has 0 aliphatic heterocycles. The van der Waals surface area contributed by atoms with Gasteiger partial charge in [0.15, 0.2) is 0 Å². The summed E-state index contributed by atoms with van der Waals surface area (Å²) in [5.74, 6) is -2.47. The molecule has 0 amide bonds. The van der Waals surface area contributed by atoms with Crippen LogP contribution in [0.2, 0.25) is 0 Å². The Morgan fingerprint density at radius 3 is 2.14 bits per heavy atom. The molecule has 0 aromatic carbocycles. The number of carboxylic acids is 2. The minimum atomic E-state index is -1.13. The van der Waals surface area contributed by atoms with Gasteiger partial charge in [-0.25, -0.2) is 0 Å². The highest BCUT2D eigenvalue weighted by Gasteiger charge is 2.11. The van der Waals surface area contributed by atoms with Gasteiger partial charge in [-0.05, 0) is 37.5 Å². The number of hydrogen-bond donors (Lipinski definition) is 0. The van der Waals surface area contributed by atoms with E-state index < -0.39 is 17.9 Å². The third kappa shape index (κ3) is 6.46. The summed E-state index contributed by atoms with van der Waals surface area (Å²) < 4.78 is 0. The summed E-state index contributed by atoms with van der Waals surface area (Å²) in [7, 11) is 0. The van der Waals surface area contributed by atoms with E-state index in [0.717, 1.165) is 0 Å². The first-order valence-corrected chi connectivity index (χ1v) is 4.84. The Bertz CT molecular complexity index is 198. The second-order valence-electron chi connectivity index (χ2n) is 3.91. The first-order chi connectivity index (χ1) is 6.43. The monoisotopic (exact) mass is 200 g/mol. The molecule has 1 unspecified atom stereocenters. The zero-order valence-corrected chi connectivity index (χ0v) is 8.62. The lowest BCUT2D eigenvalue weighted by atomic mass is 9.92. The Kier molecular flexibility index (Phi) is 5.92. The van der Waals surface area contributed by atoms with Crippen LogP contribution >= 0.6 is 0 Å². The van der Waals surface area contributed by atoms with Gasteiger partial charge in [-0.2, -0.15) is 0 Å². The summed E-state index contributed by atoms with van der Waals surface area (Å²) in [6.07, 6.45) is 1.15. The van der Waals surface area contributed by atoms with Crippen LogP contribution in [0.4, 0.5) is 0 Å². The van der Waals surface area contributed by atoms with Crippen LogP contribution in [0.25, 0.3) is 0 Å². The van der Waals surface area contributed by atoms with Crippen molar-refractivity contribution in [1.29, 1.82) is 0 Å². The summed E-state index contributed by atoms with van der Waals surface area (Å²) in [6, 6.07) is 0. The lowest BCUT2D eigenvalue weighted by Crippen LogP contribution is -2.32. The van der Waals surface area contributed by atoms with Gasteiger partial charge in [0.25, 0.3) is 0 Å². The fraction of sp³-hybridized carbons (Fsp3) is 0.800. The van der Waals surface area contributed by atoms with E-state index in [1.54, 1.807) is 0 Å². The third-order valence-electron chi connectivity index (χ3n) is 2.02. The van der Waals surface area contributed by atoms with Gasteiger partial charge in [0.05, 0.1) is 0 Å². The Morgan fingerprint density at radius 2 is 1.79 bits per heavy atom. The fourth-order valence-electron chi connectivity index (χ4n) is 1.39. The van der Waals surface area contributed by atoms with Crippen LogP contribution in [0.3, 0.4) is 0 Å². The molecule has 0 aliphatic rings. The van der Waals surface area contributed by atoms with Crippen LogP contribution in [-0.2, 0) is 9.59 Å². The van der Waals surface area contributed by atoms with Crippen LogP contribution in [-0.4, -0.2) is 11.9 Å². The van der Waals surface area contributed by atoms with E-state index in [1.165, 1.54) is 0 Å². The van der Waals surface area contributed by atoms with Gasteiger partial charge in [-0.3, -0.25) is 0 Å². The molecule has 14 heavy (non-hydrogen) atoms. The van der Waals surface area contributed by atoms with Crippen molar-refractivity contribution in [3.63, 3.8) is 0 Å². The predicted octanol–water partition coefficient (Wildman–Crippen LogP) is -0.681. The zero-order valence-electron chi connectivity index (χ0n) is 8.62. The zero-order chi connectivity index (χ0) is 11.1. The van der Waals surface area contributed by atoms with Crippen molar-refractivity contribution in [1.82, 2.24) is 0 Å². The normalized spacial score (nSPS) is 12.8. The number of carbonyl (C=O) groups is 2. The minimum Gasteiger partial charge on any atom is -0.550 e. The van der Waals surface area contributed by atoms with Crippen LogP contribution in [0.5, 0.6) is 0 Å². The largest absolute Gasteiger partial charge is 0.550 e. The minimum absolute atomic E-state index is 0.0815. The SMILES string of the molecule is CC(C)CC(CCCC(=O)[O-])C(=O)[O-]. The summed E-state index contributed by atoms with van der Waals surface area (Å²) in [6.45, 7) is 3.85. The molecule has 0 aromatic heterocycles. The number of rotatable bonds is 7. The van der Waals surface area contributed by atoms with Crippen molar-refractivity contribution in [2.24, 2.45) is 11.8 Å². The molecule has 0 N–H and O–H groups in total. The lowest BCUT2D eigenvalue weighted by molar-refractivity contribution is -0.313. The maximum atomic E-state index is 10.6. The number of aliphatic carboxylic acids is 2. The lowest BCUT2D eigenvalue weighted by Gasteiger charge is -2.19. The van der Waals surface area contributed by atoms with Crippen molar-refractivity contribution >= 4 is 11.9 Å². The molecule has 0 bridgehead atoms. The molecule has 4 heteroatoms. The van der Waals surface area contributed by atoms with Crippen LogP contribution < -0.4 is 10.2 Å². The molecular formula is C10H16O4-2. The van der Waals surface area contributed by atoms with Gasteiger partial charge in [-0.15, -0.1) is 0 Å².